The van der Waals surface area contributed by atoms with Crippen LogP contribution >= 0.6 is 0 Å². The highest BCUT2D eigenvalue weighted by molar-refractivity contribution is 5.92. The Morgan fingerprint density at radius 1 is 1.14 bits per heavy atom. The first-order chi connectivity index (χ1) is 10.2. The van der Waals surface area contributed by atoms with Crippen LogP contribution in [0.5, 0.6) is 0 Å². The number of fused-ring (bicyclic) bond motifs is 1. The second kappa shape index (κ2) is 5.62. The van der Waals surface area contributed by atoms with Gasteiger partial charge in [0.15, 0.2) is 0 Å². The van der Waals surface area contributed by atoms with Gasteiger partial charge in [-0.25, -0.2) is 4.79 Å². The molecule has 0 saturated carbocycles. The van der Waals surface area contributed by atoms with Crippen LogP contribution in [0.1, 0.15) is 16.1 Å². The quantitative estimate of drug-likeness (QED) is 0.672. The Kier molecular flexibility index (Phi) is 3.51. The molecule has 3 rings (SSSR count). The monoisotopic (exact) mass is 282 g/mol. The van der Waals surface area contributed by atoms with Crippen LogP contribution in [-0.2, 0) is 6.42 Å². The minimum atomic E-state index is -0.217. The lowest BCUT2D eigenvalue weighted by Crippen LogP contribution is -2.26. The number of aromatic nitrogens is 3. The molecule has 0 fully saturated rings. The fraction of sp³-hybridized carbons (Fsp3) is 0.133. The summed E-state index contributed by atoms with van der Waals surface area (Å²) in [5.41, 5.74) is 2.78. The molecule has 0 aliphatic heterocycles. The lowest BCUT2D eigenvalue weighted by atomic mass is 10.1. The van der Waals surface area contributed by atoms with Crippen molar-refractivity contribution in [3.05, 3.63) is 64.3 Å². The second-order valence-electron chi connectivity index (χ2n) is 4.68. The standard InChI is InChI=1S/C15H14N4O2/c20-14(12-3-1-2-7-16-12)17-8-6-10-4-5-11-13(9-10)19-15(21)18-11/h1-5,7,9H,6,8H2,(H,17,20)(H2,18,19,21). The zero-order valence-electron chi connectivity index (χ0n) is 11.2. The van der Waals surface area contributed by atoms with E-state index >= 15 is 0 Å². The van der Waals surface area contributed by atoms with Gasteiger partial charge < -0.3 is 15.3 Å². The minimum absolute atomic E-state index is 0.188. The number of carbonyl (C=O) groups is 1. The number of H-pyrrole nitrogens is 2. The predicted octanol–water partition coefficient (Wildman–Crippen LogP) is 1.22. The molecule has 2 aromatic heterocycles. The highest BCUT2D eigenvalue weighted by Gasteiger charge is 2.05. The average Bonchev–Trinajstić information content (AvgIpc) is 2.87. The van der Waals surface area contributed by atoms with E-state index in [1.165, 1.54) is 0 Å². The van der Waals surface area contributed by atoms with E-state index in [1.54, 1.807) is 24.4 Å². The third-order valence-corrected chi connectivity index (χ3v) is 3.18. The van der Waals surface area contributed by atoms with Gasteiger partial charge in [-0.3, -0.25) is 9.78 Å². The first-order valence-corrected chi connectivity index (χ1v) is 6.62. The number of pyridine rings is 1. The van der Waals surface area contributed by atoms with Gasteiger partial charge in [-0.2, -0.15) is 0 Å². The van der Waals surface area contributed by atoms with Crippen molar-refractivity contribution in [2.75, 3.05) is 6.54 Å². The molecule has 106 valence electrons. The Bertz CT molecular complexity index is 820. The van der Waals surface area contributed by atoms with E-state index in [2.05, 4.69) is 20.3 Å². The molecule has 0 unspecified atom stereocenters. The van der Waals surface area contributed by atoms with Crippen LogP contribution < -0.4 is 11.0 Å². The van der Waals surface area contributed by atoms with Crippen LogP contribution in [0, 0.1) is 0 Å². The van der Waals surface area contributed by atoms with Crippen LogP contribution in [0.3, 0.4) is 0 Å². The molecule has 0 atom stereocenters. The van der Waals surface area contributed by atoms with Gasteiger partial charge in [0.25, 0.3) is 5.91 Å². The number of hydrogen-bond donors (Lipinski definition) is 3. The smallest absolute Gasteiger partial charge is 0.323 e. The van der Waals surface area contributed by atoms with Gasteiger partial charge in [-0.15, -0.1) is 0 Å². The largest absolute Gasteiger partial charge is 0.350 e. The molecule has 3 aromatic rings. The van der Waals surface area contributed by atoms with E-state index < -0.39 is 0 Å². The maximum atomic E-state index is 11.8. The van der Waals surface area contributed by atoms with Gasteiger partial charge in [-0.1, -0.05) is 12.1 Å². The van der Waals surface area contributed by atoms with Gasteiger partial charge in [-0.05, 0) is 36.2 Å². The summed E-state index contributed by atoms with van der Waals surface area (Å²) in [6.07, 6.45) is 2.27. The number of amides is 1. The van der Waals surface area contributed by atoms with Gasteiger partial charge in [0.2, 0.25) is 0 Å². The summed E-state index contributed by atoms with van der Waals surface area (Å²) in [6, 6.07) is 10.9. The van der Waals surface area contributed by atoms with Crippen molar-refractivity contribution < 1.29 is 4.79 Å². The number of aromatic amines is 2. The molecule has 0 radical (unpaired) electrons. The Morgan fingerprint density at radius 3 is 2.81 bits per heavy atom. The lowest BCUT2D eigenvalue weighted by Gasteiger charge is -2.05. The molecule has 0 bridgehead atoms. The van der Waals surface area contributed by atoms with Crippen molar-refractivity contribution in [3.8, 4) is 0 Å². The molecule has 0 spiro atoms. The summed E-state index contributed by atoms with van der Waals surface area (Å²) in [5.74, 6) is -0.188. The van der Waals surface area contributed by atoms with Crippen molar-refractivity contribution in [3.63, 3.8) is 0 Å². The molecule has 0 saturated heterocycles. The van der Waals surface area contributed by atoms with E-state index in [0.717, 1.165) is 16.6 Å². The van der Waals surface area contributed by atoms with Gasteiger partial charge in [0, 0.05) is 12.7 Å². The van der Waals surface area contributed by atoms with E-state index in [4.69, 9.17) is 0 Å². The number of imidazole rings is 1. The van der Waals surface area contributed by atoms with Crippen molar-refractivity contribution in [1.29, 1.82) is 0 Å². The van der Waals surface area contributed by atoms with Crippen LogP contribution in [-0.4, -0.2) is 27.4 Å². The zero-order valence-corrected chi connectivity index (χ0v) is 11.2. The van der Waals surface area contributed by atoms with Crippen molar-refractivity contribution in [1.82, 2.24) is 20.3 Å². The Labute approximate surface area is 120 Å². The molecule has 0 aliphatic carbocycles. The molecule has 3 N–H and O–H groups in total. The third-order valence-electron chi connectivity index (χ3n) is 3.18. The van der Waals surface area contributed by atoms with E-state index in [9.17, 15) is 9.59 Å². The molecule has 6 nitrogen and oxygen atoms in total. The average molecular weight is 282 g/mol. The second-order valence-corrected chi connectivity index (χ2v) is 4.68. The van der Waals surface area contributed by atoms with Crippen LogP contribution in [0.15, 0.2) is 47.4 Å². The topological polar surface area (TPSA) is 90.6 Å². The van der Waals surface area contributed by atoms with Crippen molar-refractivity contribution in [2.24, 2.45) is 0 Å². The normalized spacial score (nSPS) is 10.7. The number of hydrogen-bond acceptors (Lipinski definition) is 3. The number of carbonyl (C=O) groups excluding carboxylic acids is 1. The number of nitrogens with zero attached hydrogens (tertiary/aromatic N) is 1. The fourth-order valence-electron chi connectivity index (χ4n) is 2.14. The minimum Gasteiger partial charge on any atom is -0.350 e. The molecule has 6 heteroatoms. The summed E-state index contributed by atoms with van der Waals surface area (Å²) in [5, 5.41) is 2.82. The molecule has 21 heavy (non-hydrogen) atoms. The molecule has 2 heterocycles. The third kappa shape index (κ3) is 3.00. The van der Waals surface area contributed by atoms with Crippen molar-refractivity contribution >= 4 is 16.9 Å². The van der Waals surface area contributed by atoms with Gasteiger partial charge in [0.1, 0.15) is 5.69 Å². The number of nitrogens with one attached hydrogen (secondary N) is 3. The summed E-state index contributed by atoms with van der Waals surface area (Å²) in [4.78, 5) is 32.4. The van der Waals surface area contributed by atoms with E-state index in [1.807, 2.05) is 18.2 Å². The summed E-state index contributed by atoms with van der Waals surface area (Å²) >= 11 is 0. The first kappa shape index (κ1) is 13.1. The van der Waals surface area contributed by atoms with Crippen LogP contribution in [0.2, 0.25) is 0 Å². The maximum Gasteiger partial charge on any atom is 0.323 e. The lowest BCUT2D eigenvalue weighted by molar-refractivity contribution is 0.0949. The molecule has 0 aliphatic rings. The highest BCUT2D eigenvalue weighted by Crippen LogP contribution is 2.10. The number of benzene rings is 1. The molecule has 1 amide bonds. The highest BCUT2D eigenvalue weighted by atomic mass is 16.2. The van der Waals surface area contributed by atoms with Gasteiger partial charge >= 0.3 is 5.69 Å². The summed E-state index contributed by atoms with van der Waals surface area (Å²) in [6.45, 7) is 0.509. The van der Waals surface area contributed by atoms with Gasteiger partial charge in [0.05, 0.1) is 11.0 Å². The van der Waals surface area contributed by atoms with E-state index in [-0.39, 0.29) is 11.6 Å². The predicted molar refractivity (Wildman–Crippen MR) is 79.2 cm³/mol. The zero-order chi connectivity index (χ0) is 14.7. The maximum absolute atomic E-state index is 11.8. The molecular weight excluding hydrogens is 268 g/mol. The Morgan fingerprint density at radius 2 is 2.00 bits per heavy atom. The molecular formula is C15H14N4O2. The fourth-order valence-corrected chi connectivity index (χ4v) is 2.14. The Hall–Kier alpha value is -2.89. The summed E-state index contributed by atoms with van der Waals surface area (Å²) < 4.78 is 0. The van der Waals surface area contributed by atoms with Crippen LogP contribution in [0.25, 0.3) is 11.0 Å². The SMILES string of the molecule is O=C(NCCc1ccc2[nH]c(=O)[nH]c2c1)c1ccccn1. The summed E-state index contributed by atoms with van der Waals surface area (Å²) in [7, 11) is 0. The Balaban J connectivity index is 1.61. The first-order valence-electron chi connectivity index (χ1n) is 6.62. The number of rotatable bonds is 4. The van der Waals surface area contributed by atoms with E-state index in [0.29, 0.717) is 18.7 Å². The molecule has 1 aromatic carbocycles. The van der Waals surface area contributed by atoms with Crippen LogP contribution in [0.4, 0.5) is 0 Å². The van der Waals surface area contributed by atoms with Crippen molar-refractivity contribution in [2.45, 2.75) is 6.42 Å².